The molecule has 0 fully saturated rings. The molecule has 2 rings (SSSR count). The molecule has 0 radical (unpaired) electrons. The summed E-state index contributed by atoms with van der Waals surface area (Å²) in [5.74, 6) is 3.35. The summed E-state index contributed by atoms with van der Waals surface area (Å²) >= 11 is 0. The smallest absolute Gasteiger partial charge is 0.159 e. The lowest BCUT2D eigenvalue weighted by atomic mass is 10.1. The van der Waals surface area contributed by atoms with Crippen molar-refractivity contribution in [3.63, 3.8) is 0 Å². The van der Waals surface area contributed by atoms with E-state index in [1.165, 1.54) is 18.4 Å². The zero-order chi connectivity index (χ0) is 12.8. The molecule has 0 aliphatic carbocycles. The Balaban J connectivity index is 2.15. The molecule has 0 aliphatic rings. The van der Waals surface area contributed by atoms with Crippen LogP contribution in [0.5, 0.6) is 0 Å². The van der Waals surface area contributed by atoms with Gasteiger partial charge in [0.05, 0.1) is 0 Å². The fourth-order valence-corrected chi connectivity index (χ4v) is 1.73. The number of terminal acetylenes is 1. The number of nitrogens with zero attached hydrogens (tertiary/aromatic N) is 2. The van der Waals surface area contributed by atoms with E-state index in [4.69, 9.17) is 6.42 Å². The third kappa shape index (κ3) is 2.95. The standard InChI is InChI=1S/C16H16N2/c1-3-5-6-14-11-17-16(18-12-14)15-9-7-13(4-2)8-10-15/h2,7-12H,3,5-6H2,1H3. The predicted octanol–water partition coefficient (Wildman–Crippen LogP) is 3.47. The second-order valence-electron chi connectivity index (χ2n) is 4.24. The molecular weight excluding hydrogens is 220 g/mol. The minimum Gasteiger partial charge on any atom is -0.236 e. The summed E-state index contributed by atoms with van der Waals surface area (Å²) in [6, 6.07) is 7.72. The summed E-state index contributed by atoms with van der Waals surface area (Å²) in [4.78, 5) is 8.79. The van der Waals surface area contributed by atoms with Gasteiger partial charge in [0.15, 0.2) is 5.82 Å². The molecule has 2 heteroatoms. The normalized spacial score (nSPS) is 10.0. The van der Waals surface area contributed by atoms with E-state index in [0.29, 0.717) is 0 Å². The van der Waals surface area contributed by atoms with Gasteiger partial charge in [-0.1, -0.05) is 19.3 Å². The van der Waals surface area contributed by atoms with E-state index in [9.17, 15) is 0 Å². The van der Waals surface area contributed by atoms with Crippen LogP contribution >= 0.6 is 0 Å². The quantitative estimate of drug-likeness (QED) is 0.760. The number of aromatic nitrogens is 2. The van der Waals surface area contributed by atoms with Crippen LogP contribution in [0, 0.1) is 12.3 Å². The van der Waals surface area contributed by atoms with E-state index in [1.807, 2.05) is 36.7 Å². The third-order valence-electron chi connectivity index (χ3n) is 2.83. The minimum atomic E-state index is 0.749. The van der Waals surface area contributed by atoms with Gasteiger partial charge in [-0.05, 0) is 42.7 Å². The number of benzene rings is 1. The highest BCUT2D eigenvalue weighted by atomic mass is 14.9. The lowest BCUT2D eigenvalue weighted by Gasteiger charge is -2.02. The van der Waals surface area contributed by atoms with Gasteiger partial charge in [0.25, 0.3) is 0 Å². The first-order valence-corrected chi connectivity index (χ1v) is 6.21. The fourth-order valence-electron chi connectivity index (χ4n) is 1.73. The van der Waals surface area contributed by atoms with Gasteiger partial charge in [-0.3, -0.25) is 0 Å². The highest BCUT2D eigenvalue weighted by Crippen LogP contribution is 2.15. The summed E-state index contributed by atoms with van der Waals surface area (Å²) in [7, 11) is 0. The Hall–Kier alpha value is -2.14. The van der Waals surface area contributed by atoms with Crippen LogP contribution in [0.3, 0.4) is 0 Å². The van der Waals surface area contributed by atoms with E-state index >= 15 is 0 Å². The van der Waals surface area contributed by atoms with E-state index in [2.05, 4.69) is 22.8 Å². The Morgan fingerprint density at radius 2 is 1.78 bits per heavy atom. The maximum atomic E-state index is 5.32. The van der Waals surface area contributed by atoms with Crippen molar-refractivity contribution in [2.75, 3.05) is 0 Å². The van der Waals surface area contributed by atoms with Crippen molar-refractivity contribution in [1.82, 2.24) is 9.97 Å². The van der Waals surface area contributed by atoms with E-state index in [1.54, 1.807) is 0 Å². The molecule has 0 bridgehead atoms. The van der Waals surface area contributed by atoms with Crippen molar-refractivity contribution in [1.29, 1.82) is 0 Å². The second kappa shape index (κ2) is 5.97. The molecule has 0 atom stereocenters. The zero-order valence-corrected chi connectivity index (χ0v) is 10.6. The van der Waals surface area contributed by atoms with Gasteiger partial charge in [-0.15, -0.1) is 6.42 Å². The molecule has 0 spiro atoms. The number of unbranched alkanes of at least 4 members (excludes halogenated alkanes) is 1. The molecule has 18 heavy (non-hydrogen) atoms. The SMILES string of the molecule is C#Cc1ccc(-c2ncc(CCCC)cn2)cc1. The topological polar surface area (TPSA) is 25.8 Å². The molecule has 0 amide bonds. The summed E-state index contributed by atoms with van der Waals surface area (Å²) < 4.78 is 0. The Bertz CT molecular complexity index is 533. The van der Waals surface area contributed by atoms with Crippen LogP contribution in [0.2, 0.25) is 0 Å². The van der Waals surface area contributed by atoms with Crippen molar-refractivity contribution in [3.05, 3.63) is 47.8 Å². The van der Waals surface area contributed by atoms with Crippen molar-refractivity contribution in [2.24, 2.45) is 0 Å². The van der Waals surface area contributed by atoms with Gasteiger partial charge in [0.1, 0.15) is 0 Å². The number of aryl methyl sites for hydroxylation is 1. The second-order valence-corrected chi connectivity index (χ2v) is 4.24. The molecule has 0 saturated heterocycles. The Labute approximate surface area is 108 Å². The van der Waals surface area contributed by atoms with Crippen molar-refractivity contribution < 1.29 is 0 Å². The zero-order valence-electron chi connectivity index (χ0n) is 10.6. The van der Waals surface area contributed by atoms with Crippen LogP contribution in [-0.2, 0) is 6.42 Å². The molecule has 90 valence electrons. The Morgan fingerprint density at radius 1 is 1.11 bits per heavy atom. The molecule has 0 aliphatic heterocycles. The highest BCUT2D eigenvalue weighted by molar-refractivity contribution is 5.56. The van der Waals surface area contributed by atoms with Crippen molar-refractivity contribution in [3.8, 4) is 23.7 Å². The molecule has 1 aromatic heterocycles. The van der Waals surface area contributed by atoms with Gasteiger partial charge >= 0.3 is 0 Å². The molecule has 0 N–H and O–H groups in total. The Kier molecular flexibility index (Phi) is 4.09. The highest BCUT2D eigenvalue weighted by Gasteiger charge is 2.01. The largest absolute Gasteiger partial charge is 0.236 e. The van der Waals surface area contributed by atoms with Crippen LogP contribution in [-0.4, -0.2) is 9.97 Å². The molecule has 2 aromatic rings. The molecular formula is C16H16N2. The molecule has 0 unspecified atom stereocenters. The van der Waals surface area contributed by atoms with Gasteiger partial charge < -0.3 is 0 Å². The van der Waals surface area contributed by atoms with Gasteiger partial charge in [0.2, 0.25) is 0 Å². The summed E-state index contributed by atoms with van der Waals surface area (Å²) in [5.41, 5.74) is 3.07. The Morgan fingerprint density at radius 3 is 2.33 bits per heavy atom. The molecule has 1 heterocycles. The number of rotatable bonds is 4. The van der Waals surface area contributed by atoms with E-state index in [0.717, 1.165) is 23.4 Å². The van der Waals surface area contributed by atoms with Crippen LogP contribution in [0.15, 0.2) is 36.7 Å². The van der Waals surface area contributed by atoms with E-state index in [-0.39, 0.29) is 0 Å². The molecule has 0 saturated carbocycles. The van der Waals surface area contributed by atoms with E-state index < -0.39 is 0 Å². The van der Waals surface area contributed by atoms with Crippen LogP contribution < -0.4 is 0 Å². The lowest BCUT2D eigenvalue weighted by molar-refractivity contribution is 0.788. The maximum absolute atomic E-state index is 5.32. The first-order chi connectivity index (χ1) is 8.83. The third-order valence-corrected chi connectivity index (χ3v) is 2.83. The lowest BCUT2D eigenvalue weighted by Crippen LogP contribution is -1.92. The molecule has 2 nitrogen and oxygen atoms in total. The van der Waals surface area contributed by atoms with Gasteiger partial charge in [-0.2, -0.15) is 0 Å². The maximum Gasteiger partial charge on any atom is 0.159 e. The van der Waals surface area contributed by atoms with Crippen molar-refractivity contribution >= 4 is 0 Å². The number of hydrogen-bond acceptors (Lipinski definition) is 2. The summed E-state index contributed by atoms with van der Waals surface area (Å²) in [6.07, 6.45) is 12.6. The predicted molar refractivity (Wildman–Crippen MR) is 74.0 cm³/mol. The van der Waals surface area contributed by atoms with Crippen LogP contribution in [0.4, 0.5) is 0 Å². The fraction of sp³-hybridized carbons (Fsp3) is 0.250. The van der Waals surface area contributed by atoms with Crippen molar-refractivity contribution in [2.45, 2.75) is 26.2 Å². The average Bonchev–Trinajstić information content (AvgIpc) is 2.46. The first-order valence-electron chi connectivity index (χ1n) is 6.21. The summed E-state index contributed by atoms with van der Waals surface area (Å²) in [5, 5.41) is 0. The van der Waals surface area contributed by atoms with Crippen LogP contribution in [0.1, 0.15) is 30.9 Å². The first kappa shape index (κ1) is 12.3. The average molecular weight is 236 g/mol. The minimum absolute atomic E-state index is 0.749. The van der Waals surface area contributed by atoms with Gasteiger partial charge in [0, 0.05) is 23.5 Å². The van der Waals surface area contributed by atoms with Gasteiger partial charge in [-0.25, -0.2) is 9.97 Å². The molecule has 1 aromatic carbocycles. The summed E-state index contributed by atoms with van der Waals surface area (Å²) in [6.45, 7) is 2.18. The van der Waals surface area contributed by atoms with Crippen LogP contribution in [0.25, 0.3) is 11.4 Å². The number of hydrogen-bond donors (Lipinski definition) is 0. The monoisotopic (exact) mass is 236 g/mol.